The molecule has 0 aliphatic carbocycles. The van der Waals surface area contributed by atoms with Crippen LogP contribution < -0.4 is 0 Å². The van der Waals surface area contributed by atoms with Gasteiger partial charge in [-0.2, -0.15) is 0 Å². The van der Waals surface area contributed by atoms with Gasteiger partial charge in [-0.05, 0) is 52.9 Å². The first-order valence-corrected chi connectivity index (χ1v) is 7.67. The maximum atomic E-state index is 6.03. The van der Waals surface area contributed by atoms with E-state index >= 15 is 0 Å². The molecule has 0 saturated carbocycles. The molecule has 0 bridgehead atoms. The second kappa shape index (κ2) is 5.31. The zero-order chi connectivity index (χ0) is 13.4. The topological polar surface area (TPSA) is 17.8 Å². The summed E-state index contributed by atoms with van der Waals surface area (Å²) in [5.74, 6) is 1.18. The highest BCUT2D eigenvalue weighted by Gasteiger charge is 2.13. The van der Waals surface area contributed by atoms with Crippen molar-refractivity contribution in [1.82, 2.24) is 9.55 Å². The molecule has 0 fully saturated rings. The van der Waals surface area contributed by atoms with Crippen molar-refractivity contribution in [3.63, 3.8) is 0 Å². The third kappa shape index (κ3) is 2.35. The number of rotatable bonds is 2. The minimum Gasteiger partial charge on any atom is -0.294 e. The van der Waals surface area contributed by atoms with Crippen LogP contribution in [0.1, 0.15) is 5.82 Å². The Labute approximate surface area is 134 Å². The van der Waals surface area contributed by atoms with Crippen molar-refractivity contribution in [3.05, 3.63) is 56.9 Å². The molecule has 1 aromatic heterocycles. The van der Waals surface area contributed by atoms with Gasteiger partial charge < -0.3 is 0 Å². The predicted octanol–water partition coefficient (Wildman–Crippen LogP) is 5.02. The van der Waals surface area contributed by atoms with Crippen molar-refractivity contribution in [1.29, 1.82) is 0 Å². The lowest BCUT2D eigenvalue weighted by Crippen LogP contribution is -2.01. The summed E-state index contributed by atoms with van der Waals surface area (Å²) in [7, 11) is 0. The summed E-state index contributed by atoms with van der Waals surface area (Å²) in [6, 6.07) is 13.9. The summed E-state index contributed by atoms with van der Waals surface area (Å²) in [5, 5.41) is 0.682. The lowest BCUT2D eigenvalue weighted by molar-refractivity contribution is 0.977. The quantitative estimate of drug-likeness (QED) is 0.434. The number of alkyl halides is 1. The smallest absolute Gasteiger partial charge is 0.129 e. The predicted molar refractivity (Wildman–Crippen MR) is 88.4 cm³/mol. The van der Waals surface area contributed by atoms with E-state index in [9.17, 15) is 0 Å². The summed E-state index contributed by atoms with van der Waals surface area (Å²) < 4.78 is 3.24. The van der Waals surface area contributed by atoms with Crippen LogP contribution in [0.25, 0.3) is 16.7 Å². The van der Waals surface area contributed by atoms with Gasteiger partial charge in [0, 0.05) is 8.59 Å². The summed E-state index contributed by atoms with van der Waals surface area (Å²) in [6.07, 6.45) is 0. The van der Waals surface area contributed by atoms with Crippen molar-refractivity contribution >= 4 is 56.8 Å². The van der Waals surface area contributed by atoms with Gasteiger partial charge in [-0.3, -0.25) is 4.57 Å². The van der Waals surface area contributed by atoms with Gasteiger partial charge in [-0.1, -0.05) is 23.7 Å². The Bertz CT molecular complexity index is 752. The molecule has 0 aliphatic heterocycles. The first-order valence-electron chi connectivity index (χ1n) is 5.68. The SMILES string of the molecule is ClCc1nc2cc(Cl)ccc2n1-c1ccccc1I. The minimum absolute atomic E-state index is 0.358. The van der Waals surface area contributed by atoms with E-state index in [1.165, 1.54) is 0 Å². The number of aromatic nitrogens is 2. The van der Waals surface area contributed by atoms with Crippen LogP contribution in [0.3, 0.4) is 0 Å². The number of imidazole rings is 1. The highest BCUT2D eigenvalue weighted by Crippen LogP contribution is 2.27. The number of hydrogen-bond donors (Lipinski definition) is 0. The second-order valence-corrected chi connectivity index (χ2v) is 5.95. The van der Waals surface area contributed by atoms with Gasteiger partial charge in [-0.15, -0.1) is 11.6 Å². The van der Waals surface area contributed by atoms with Gasteiger partial charge in [-0.25, -0.2) is 4.98 Å². The normalized spacial score (nSPS) is 11.1. The van der Waals surface area contributed by atoms with Crippen molar-refractivity contribution in [2.75, 3.05) is 0 Å². The highest BCUT2D eigenvalue weighted by molar-refractivity contribution is 14.1. The van der Waals surface area contributed by atoms with Crippen LogP contribution in [0.2, 0.25) is 5.02 Å². The third-order valence-corrected chi connectivity index (χ3v) is 4.29. The van der Waals surface area contributed by atoms with Crippen LogP contribution in [0.15, 0.2) is 42.5 Å². The molecule has 5 heteroatoms. The largest absolute Gasteiger partial charge is 0.294 e. The van der Waals surface area contributed by atoms with Crippen molar-refractivity contribution < 1.29 is 0 Å². The minimum atomic E-state index is 0.358. The van der Waals surface area contributed by atoms with Gasteiger partial charge in [0.05, 0.1) is 22.6 Å². The molecule has 3 aromatic rings. The number of benzene rings is 2. The number of fused-ring (bicyclic) bond motifs is 1. The lowest BCUT2D eigenvalue weighted by Gasteiger charge is -2.09. The molecule has 0 aliphatic rings. The van der Waals surface area contributed by atoms with Crippen molar-refractivity contribution in [2.45, 2.75) is 5.88 Å². The average molecular weight is 403 g/mol. The summed E-state index contributed by atoms with van der Waals surface area (Å²) in [5.41, 5.74) is 2.97. The Morgan fingerprint density at radius 2 is 1.95 bits per heavy atom. The fourth-order valence-electron chi connectivity index (χ4n) is 2.09. The van der Waals surface area contributed by atoms with Crippen molar-refractivity contribution in [3.8, 4) is 5.69 Å². The van der Waals surface area contributed by atoms with Gasteiger partial charge in [0.25, 0.3) is 0 Å². The number of para-hydroxylation sites is 1. The molecule has 1 heterocycles. The Morgan fingerprint density at radius 3 is 2.68 bits per heavy atom. The Hall–Kier alpha value is -0.780. The molecular formula is C14H9Cl2IN2. The van der Waals surface area contributed by atoms with Crippen LogP contribution in [-0.2, 0) is 5.88 Å². The van der Waals surface area contributed by atoms with Gasteiger partial charge >= 0.3 is 0 Å². The molecular weight excluding hydrogens is 394 g/mol. The summed E-state index contributed by atoms with van der Waals surface area (Å²) in [6.45, 7) is 0. The van der Waals surface area contributed by atoms with Crippen LogP contribution in [-0.4, -0.2) is 9.55 Å². The molecule has 2 aromatic carbocycles. The molecule has 96 valence electrons. The Kier molecular flexibility index (Phi) is 3.69. The molecule has 0 saturated heterocycles. The zero-order valence-electron chi connectivity index (χ0n) is 9.78. The molecule has 0 unspecified atom stereocenters. The van der Waals surface area contributed by atoms with Crippen molar-refractivity contribution in [2.24, 2.45) is 0 Å². The standard InChI is InChI=1S/C14H9Cl2IN2/c15-8-14-18-11-7-9(16)5-6-13(11)19(14)12-4-2-1-3-10(12)17/h1-7H,8H2. The molecule has 0 radical (unpaired) electrons. The molecule has 2 nitrogen and oxygen atoms in total. The maximum Gasteiger partial charge on any atom is 0.129 e. The second-order valence-electron chi connectivity index (χ2n) is 4.08. The van der Waals surface area contributed by atoms with Crippen LogP contribution in [0.5, 0.6) is 0 Å². The maximum absolute atomic E-state index is 6.03. The zero-order valence-corrected chi connectivity index (χ0v) is 13.4. The van der Waals surface area contributed by atoms with Crippen LogP contribution in [0, 0.1) is 3.57 Å². The van der Waals surface area contributed by atoms with Crippen LogP contribution in [0.4, 0.5) is 0 Å². The summed E-state index contributed by atoms with van der Waals surface area (Å²) >= 11 is 14.4. The first-order chi connectivity index (χ1) is 9.20. The van der Waals surface area contributed by atoms with E-state index in [1.807, 2.05) is 30.3 Å². The van der Waals surface area contributed by atoms with E-state index in [4.69, 9.17) is 23.2 Å². The first kappa shape index (κ1) is 13.2. The van der Waals surface area contributed by atoms with Gasteiger partial charge in [0.2, 0.25) is 0 Å². The Morgan fingerprint density at radius 1 is 1.16 bits per heavy atom. The van der Waals surface area contributed by atoms with Gasteiger partial charge in [0.1, 0.15) is 5.82 Å². The van der Waals surface area contributed by atoms with E-state index in [-0.39, 0.29) is 0 Å². The third-order valence-electron chi connectivity index (χ3n) is 2.90. The van der Waals surface area contributed by atoms with E-state index in [0.717, 1.165) is 26.1 Å². The monoisotopic (exact) mass is 402 g/mol. The van der Waals surface area contributed by atoms with Gasteiger partial charge in [0.15, 0.2) is 0 Å². The molecule has 0 atom stereocenters. The fourth-order valence-corrected chi connectivity index (χ4v) is 3.07. The van der Waals surface area contributed by atoms with E-state index in [1.54, 1.807) is 0 Å². The van der Waals surface area contributed by atoms with E-state index in [2.05, 4.69) is 44.3 Å². The molecule has 3 rings (SSSR count). The molecule has 19 heavy (non-hydrogen) atoms. The molecule has 0 spiro atoms. The number of nitrogens with zero attached hydrogens (tertiary/aromatic N) is 2. The average Bonchev–Trinajstić information content (AvgIpc) is 2.76. The van der Waals surface area contributed by atoms with Crippen LogP contribution >= 0.6 is 45.8 Å². The number of halogens is 3. The highest BCUT2D eigenvalue weighted by atomic mass is 127. The molecule has 0 N–H and O–H groups in total. The Balaban J connectivity index is 2.36. The summed E-state index contributed by atoms with van der Waals surface area (Å²) in [4.78, 5) is 4.55. The van der Waals surface area contributed by atoms with E-state index < -0.39 is 0 Å². The fraction of sp³-hybridized carbons (Fsp3) is 0.0714. The van der Waals surface area contributed by atoms with E-state index in [0.29, 0.717) is 10.9 Å². The lowest BCUT2D eigenvalue weighted by atomic mass is 10.3. The number of hydrogen-bond acceptors (Lipinski definition) is 1. The molecule has 0 amide bonds.